The molecular formula is C19H24N6O3. The smallest absolute Gasteiger partial charge is 0.410 e. The van der Waals surface area contributed by atoms with E-state index in [1.165, 1.54) is 17.0 Å². The fraction of sp³-hybridized carbons (Fsp3) is 0.526. The van der Waals surface area contributed by atoms with Gasteiger partial charge in [-0.05, 0) is 26.8 Å². The number of carbonyl (C=O) groups excluding carboxylic acids is 1. The molecule has 148 valence electrons. The van der Waals surface area contributed by atoms with Crippen molar-refractivity contribution in [3.8, 4) is 11.4 Å². The number of anilines is 1. The van der Waals surface area contributed by atoms with Crippen LogP contribution in [0.25, 0.3) is 11.4 Å². The molecule has 2 aliphatic rings. The second-order valence-electron chi connectivity index (χ2n) is 8.34. The summed E-state index contributed by atoms with van der Waals surface area (Å²) in [6.07, 6.45) is 2.78. The number of piperidine rings is 1. The van der Waals surface area contributed by atoms with Crippen molar-refractivity contribution in [3.05, 3.63) is 35.0 Å². The molecule has 1 saturated carbocycles. The molecule has 3 heterocycles. The van der Waals surface area contributed by atoms with Crippen LogP contribution in [0.5, 0.6) is 0 Å². The quantitative estimate of drug-likeness (QED) is 0.856. The van der Waals surface area contributed by atoms with Gasteiger partial charge < -0.3 is 15.0 Å². The number of aromatic nitrogens is 4. The predicted molar refractivity (Wildman–Crippen MR) is 103 cm³/mol. The zero-order chi connectivity index (χ0) is 20.1. The average molecular weight is 384 g/mol. The van der Waals surface area contributed by atoms with Gasteiger partial charge in [-0.3, -0.25) is 9.36 Å². The van der Waals surface area contributed by atoms with Crippen molar-refractivity contribution in [1.29, 1.82) is 0 Å². The Morgan fingerprint density at radius 3 is 2.57 bits per heavy atom. The van der Waals surface area contributed by atoms with Crippen LogP contribution in [-0.2, 0) is 11.8 Å². The standard InChI is InChI=1S/C19H24N6O3/c1-19(2,3)28-18(27)25-8-11-12(9-25)16(11)23-17-22-14(7-15(26)24(17)4)13-5-6-20-10-21-13/h5-7,10-12,16H,8-9H2,1-4H3,(H,22,23)/t11-,12+,16?. The largest absolute Gasteiger partial charge is 0.444 e. The van der Waals surface area contributed by atoms with Crippen LogP contribution in [0.15, 0.2) is 29.5 Å². The second kappa shape index (κ2) is 6.57. The number of likely N-dealkylation sites (tertiary alicyclic amines) is 1. The van der Waals surface area contributed by atoms with Gasteiger partial charge in [-0.15, -0.1) is 0 Å². The maximum absolute atomic E-state index is 12.3. The van der Waals surface area contributed by atoms with Crippen molar-refractivity contribution in [3.63, 3.8) is 0 Å². The van der Waals surface area contributed by atoms with E-state index in [9.17, 15) is 9.59 Å². The zero-order valence-electron chi connectivity index (χ0n) is 16.4. The monoisotopic (exact) mass is 384 g/mol. The third-order valence-corrected chi connectivity index (χ3v) is 5.12. The molecule has 4 rings (SSSR count). The van der Waals surface area contributed by atoms with Crippen LogP contribution in [0.2, 0.25) is 0 Å². The number of fused-ring (bicyclic) bond motifs is 1. The molecule has 28 heavy (non-hydrogen) atoms. The highest BCUT2D eigenvalue weighted by Crippen LogP contribution is 2.47. The molecule has 3 atom stereocenters. The number of amides is 1. The number of hydrogen-bond acceptors (Lipinski definition) is 7. The molecule has 1 aliphatic heterocycles. The lowest BCUT2D eigenvalue weighted by Gasteiger charge is -2.26. The third-order valence-electron chi connectivity index (χ3n) is 5.12. The first-order valence-electron chi connectivity index (χ1n) is 9.32. The Morgan fingerprint density at radius 1 is 1.25 bits per heavy atom. The molecule has 0 spiro atoms. The lowest BCUT2D eigenvalue weighted by Crippen LogP contribution is -2.38. The second-order valence-corrected chi connectivity index (χ2v) is 8.34. The van der Waals surface area contributed by atoms with Crippen LogP contribution in [-0.4, -0.2) is 55.2 Å². The van der Waals surface area contributed by atoms with Crippen LogP contribution in [0.1, 0.15) is 20.8 Å². The van der Waals surface area contributed by atoms with Crippen molar-refractivity contribution in [2.24, 2.45) is 18.9 Å². The Morgan fingerprint density at radius 2 is 1.96 bits per heavy atom. The molecule has 0 radical (unpaired) electrons. The molecular weight excluding hydrogens is 360 g/mol. The molecule has 1 unspecified atom stereocenters. The number of nitrogens with one attached hydrogen (secondary N) is 1. The van der Waals surface area contributed by atoms with E-state index in [2.05, 4.69) is 20.3 Å². The number of hydrogen-bond donors (Lipinski definition) is 1. The summed E-state index contributed by atoms with van der Waals surface area (Å²) in [5.74, 6) is 1.18. The number of carbonyl (C=O) groups is 1. The number of nitrogens with zero attached hydrogens (tertiary/aromatic N) is 5. The average Bonchev–Trinajstić information content (AvgIpc) is 3.07. The van der Waals surface area contributed by atoms with Crippen LogP contribution in [0, 0.1) is 11.8 Å². The normalized spacial score (nSPS) is 23.3. The topological polar surface area (TPSA) is 102 Å². The molecule has 9 nitrogen and oxygen atoms in total. The molecule has 1 saturated heterocycles. The van der Waals surface area contributed by atoms with Crippen molar-refractivity contribution in [2.45, 2.75) is 32.4 Å². The van der Waals surface area contributed by atoms with E-state index in [1.807, 2.05) is 20.8 Å². The summed E-state index contributed by atoms with van der Waals surface area (Å²) in [5, 5.41) is 3.37. The first-order valence-corrected chi connectivity index (χ1v) is 9.32. The molecule has 1 amide bonds. The Balaban J connectivity index is 1.44. The molecule has 9 heteroatoms. The van der Waals surface area contributed by atoms with E-state index in [1.54, 1.807) is 24.2 Å². The van der Waals surface area contributed by atoms with E-state index in [0.29, 0.717) is 42.3 Å². The summed E-state index contributed by atoms with van der Waals surface area (Å²) >= 11 is 0. The third kappa shape index (κ3) is 3.56. The van der Waals surface area contributed by atoms with E-state index in [-0.39, 0.29) is 17.7 Å². The minimum absolute atomic E-state index is 0.160. The number of ether oxygens (including phenoxy) is 1. The Bertz CT molecular complexity index is 940. The van der Waals surface area contributed by atoms with E-state index >= 15 is 0 Å². The van der Waals surface area contributed by atoms with Crippen LogP contribution in [0.3, 0.4) is 0 Å². The lowest BCUT2D eigenvalue weighted by atomic mass is 10.2. The van der Waals surface area contributed by atoms with Crippen molar-refractivity contribution in [2.75, 3.05) is 18.4 Å². The van der Waals surface area contributed by atoms with Gasteiger partial charge >= 0.3 is 6.09 Å². The number of rotatable bonds is 3. The molecule has 2 aromatic rings. The molecule has 1 aliphatic carbocycles. The summed E-state index contributed by atoms with van der Waals surface area (Å²) in [6, 6.07) is 3.37. The molecule has 1 N–H and O–H groups in total. The highest BCUT2D eigenvalue weighted by atomic mass is 16.6. The summed E-state index contributed by atoms with van der Waals surface area (Å²) in [4.78, 5) is 38.9. The fourth-order valence-corrected chi connectivity index (χ4v) is 3.61. The van der Waals surface area contributed by atoms with Crippen molar-refractivity contribution in [1.82, 2.24) is 24.4 Å². The maximum atomic E-state index is 12.3. The first kappa shape index (κ1) is 18.4. The molecule has 0 bridgehead atoms. The summed E-state index contributed by atoms with van der Waals surface area (Å²) in [7, 11) is 1.69. The van der Waals surface area contributed by atoms with Gasteiger partial charge in [0.2, 0.25) is 5.95 Å². The van der Waals surface area contributed by atoms with Gasteiger partial charge in [0.1, 0.15) is 11.9 Å². The van der Waals surface area contributed by atoms with Gasteiger partial charge in [0, 0.05) is 50.3 Å². The molecule has 0 aromatic carbocycles. The van der Waals surface area contributed by atoms with E-state index < -0.39 is 5.60 Å². The highest BCUT2D eigenvalue weighted by Gasteiger charge is 2.57. The van der Waals surface area contributed by atoms with Gasteiger partial charge in [0.05, 0.1) is 11.4 Å². The van der Waals surface area contributed by atoms with Gasteiger partial charge in [-0.1, -0.05) is 0 Å². The summed E-state index contributed by atoms with van der Waals surface area (Å²) in [5.41, 5.74) is 0.454. The highest BCUT2D eigenvalue weighted by molar-refractivity contribution is 5.69. The summed E-state index contributed by atoms with van der Waals surface area (Å²) in [6.45, 7) is 6.89. The molecule has 2 aromatic heterocycles. The predicted octanol–water partition coefficient (Wildman–Crippen LogP) is 1.51. The van der Waals surface area contributed by atoms with Gasteiger partial charge in [0.15, 0.2) is 0 Å². The van der Waals surface area contributed by atoms with Gasteiger partial charge in [-0.2, -0.15) is 0 Å². The van der Waals surface area contributed by atoms with Crippen LogP contribution >= 0.6 is 0 Å². The van der Waals surface area contributed by atoms with E-state index in [4.69, 9.17) is 4.74 Å². The fourth-order valence-electron chi connectivity index (χ4n) is 3.61. The minimum Gasteiger partial charge on any atom is -0.444 e. The molecule has 2 fully saturated rings. The summed E-state index contributed by atoms with van der Waals surface area (Å²) < 4.78 is 6.93. The van der Waals surface area contributed by atoms with Crippen LogP contribution in [0.4, 0.5) is 10.7 Å². The maximum Gasteiger partial charge on any atom is 0.410 e. The Labute approximate surface area is 162 Å². The SMILES string of the molecule is Cn1c(NC2[C@H]3CN(C(=O)OC(C)(C)C)C[C@@H]23)nc(-c2ccncn2)cc1=O. The van der Waals surface area contributed by atoms with Crippen molar-refractivity contribution >= 4 is 12.0 Å². The van der Waals surface area contributed by atoms with Gasteiger partial charge in [0.25, 0.3) is 5.56 Å². The lowest BCUT2D eigenvalue weighted by molar-refractivity contribution is 0.0272. The van der Waals surface area contributed by atoms with Crippen LogP contribution < -0.4 is 10.9 Å². The first-order chi connectivity index (χ1) is 13.2. The Kier molecular flexibility index (Phi) is 4.32. The van der Waals surface area contributed by atoms with Crippen molar-refractivity contribution < 1.29 is 9.53 Å². The zero-order valence-corrected chi connectivity index (χ0v) is 16.4. The van der Waals surface area contributed by atoms with Gasteiger partial charge in [-0.25, -0.2) is 19.7 Å². The van der Waals surface area contributed by atoms with E-state index in [0.717, 1.165) is 0 Å². The Hall–Kier alpha value is -2.97. The minimum atomic E-state index is -0.495.